The number of hydrogen-bond acceptors (Lipinski definition) is 7. The Bertz CT molecular complexity index is 1440. The van der Waals surface area contributed by atoms with Crippen LogP contribution in [-0.2, 0) is 17.9 Å². The predicted octanol–water partition coefficient (Wildman–Crippen LogP) is 2.84. The molecule has 0 radical (unpaired) electrons. The minimum Gasteiger partial charge on any atom is -0.493 e. The van der Waals surface area contributed by atoms with Crippen LogP contribution in [0.4, 0.5) is 5.69 Å². The topological polar surface area (TPSA) is 104 Å². The fraction of sp³-hybridized carbons (Fsp3) is 0.273. The van der Waals surface area contributed by atoms with E-state index in [1.54, 1.807) is 36.5 Å². The van der Waals surface area contributed by atoms with E-state index in [9.17, 15) is 14.4 Å². The molecule has 0 aliphatic heterocycles. The van der Waals surface area contributed by atoms with Crippen LogP contribution in [0.25, 0.3) is 20.4 Å². The molecule has 4 aromatic rings. The smallest absolute Gasteiger partial charge is 0.332 e. The van der Waals surface area contributed by atoms with Gasteiger partial charge in [-0.05, 0) is 30.7 Å². The number of methoxy groups -OCH3 is 2. The van der Waals surface area contributed by atoms with Gasteiger partial charge in [0.2, 0.25) is 5.91 Å². The van der Waals surface area contributed by atoms with Gasteiger partial charge in [0.1, 0.15) is 16.1 Å². The molecular weight excluding hydrogens is 432 g/mol. The van der Waals surface area contributed by atoms with E-state index in [4.69, 9.17) is 9.47 Å². The molecule has 3 aromatic heterocycles. The van der Waals surface area contributed by atoms with Crippen LogP contribution in [0.15, 0.2) is 46.1 Å². The molecule has 1 aromatic carbocycles. The second kappa shape index (κ2) is 8.83. The second-order valence-corrected chi connectivity index (χ2v) is 8.08. The molecule has 0 saturated carbocycles. The molecule has 0 aliphatic carbocycles. The van der Waals surface area contributed by atoms with Gasteiger partial charge in [-0.25, -0.2) is 9.78 Å². The summed E-state index contributed by atoms with van der Waals surface area (Å²) in [5, 5.41) is 3.45. The number of ether oxygens (including phenoxy) is 2. The van der Waals surface area contributed by atoms with Crippen LogP contribution in [-0.4, -0.2) is 34.2 Å². The average molecular weight is 455 g/mol. The maximum Gasteiger partial charge on any atom is 0.332 e. The van der Waals surface area contributed by atoms with Gasteiger partial charge in [-0.3, -0.25) is 18.7 Å². The van der Waals surface area contributed by atoms with E-state index in [-0.39, 0.29) is 18.6 Å². The molecule has 32 heavy (non-hydrogen) atoms. The van der Waals surface area contributed by atoms with Crippen molar-refractivity contribution in [3.63, 3.8) is 0 Å². The van der Waals surface area contributed by atoms with Crippen molar-refractivity contribution >= 4 is 43.4 Å². The van der Waals surface area contributed by atoms with Crippen molar-refractivity contribution in [3.8, 4) is 11.5 Å². The van der Waals surface area contributed by atoms with Crippen LogP contribution < -0.4 is 26.0 Å². The van der Waals surface area contributed by atoms with Gasteiger partial charge >= 0.3 is 5.69 Å². The SMILES string of the molecule is CCCn1c(=O)c2sc3ncccc3c2n(CC(=O)Nc2ccc(OC)c(OC)c2)c1=O. The first kappa shape index (κ1) is 21.6. The Hall–Kier alpha value is -3.66. The highest BCUT2D eigenvalue weighted by Gasteiger charge is 2.20. The van der Waals surface area contributed by atoms with Gasteiger partial charge < -0.3 is 14.8 Å². The van der Waals surface area contributed by atoms with Crippen LogP contribution in [0.3, 0.4) is 0 Å². The van der Waals surface area contributed by atoms with Crippen LogP contribution in [0.1, 0.15) is 13.3 Å². The van der Waals surface area contributed by atoms with Gasteiger partial charge in [-0.2, -0.15) is 0 Å². The van der Waals surface area contributed by atoms with Crippen molar-refractivity contribution < 1.29 is 14.3 Å². The Labute approximate surface area is 186 Å². The number of rotatable bonds is 7. The molecule has 9 nitrogen and oxygen atoms in total. The summed E-state index contributed by atoms with van der Waals surface area (Å²) in [7, 11) is 3.03. The highest BCUT2D eigenvalue weighted by atomic mass is 32.1. The van der Waals surface area contributed by atoms with Gasteiger partial charge in [0.25, 0.3) is 5.56 Å². The van der Waals surface area contributed by atoms with Crippen LogP contribution in [0.5, 0.6) is 11.5 Å². The highest BCUT2D eigenvalue weighted by Crippen LogP contribution is 2.31. The zero-order valence-corrected chi connectivity index (χ0v) is 18.7. The number of amides is 1. The summed E-state index contributed by atoms with van der Waals surface area (Å²) in [4.78, 5) is 44.0. The predicted molar refractivity (Wildman–Crippen MR) is 124 cm³/mol. The molecule has 166 valence electrons. The van der Waals surface area contributed by atoms with E-state index in [1.807, 2.05) is 6.92 Å². The quantitative estimate of drug-likeness (QED) is 0.461. The third-order valence-corrected chi connectivity index (χ3v) is 6.12. The van der Waals surface area contributed by atoms with Crippen LogP contribution in [0.2, 0.25) is 0 Å². The van der Waals surface area contributed by atoms with Gasteiger partial charge in [-0.15, -0.1) is 11.3 Å². The molecule has 0 bridgehead atoms. The summed E-state index contributed by atoms with van der Waals surface area (Å²) < 4.78 is 13.4. The summed E-state index contributed by atoms with van der Waals surface area (Å²) >= 11 is 1.22. The van der Waals surface area contributed by atoms with E-state index in [0.29, 0.717) is 44.0 Å². The molecule has 0 spiro atoms. The number of hydrogen-bond donors (Lipinski definition) is 1. The summed E-state index contributed by atoms with van der Waals surface area (Å²) in [6.45, 7) is 1.90. The standard InChI is InChI=1S/C22H22N4O5S/c1-4-10-25-21(28)19-18(14-6-5-9-23-20(14)32-19)26(22(25)29)12-17(27)24-13-7-8-15(30-2)16(11-13)31-3/h5-9,11H,4,10,12H2,1-3H3,(H,24,27). The number of carbonyl (C=O) groups is 1. The van der Waals surface area contributed by atoms with Crippen molar-refractivity contribution in [2.24, 2.45) is 0 Å². The normalized spacial score (nSPS) is 11.1. The Balaban J connectivity index is 1.79. The number of fused-ring (bicyclic) bond motifs is 3. The van der Waals surface area contributed by atoms with Crippen molar-refractivity contribution in [1.82, 2.24) is 14.1 Å². The van der Waals surface area contributed by atoms with Crippen molar-refractivity contribution in [2.75, 3.05) is 19.5 Å². The summed E-state index contributed by atoms with van der Waals surface area (Å²) in [5.74, 6) is 0.592. The molecule has 1 amide bonds. The van der Waals surface area contributed by atoms with E-state index in [1.165, 1.54) is 34.7 Å². The molecule has 0 unspecified atom stereocenters. The van der Waals surface area contributed by atoms with E-state index < -0.39 is 11.6 Å². The minimum atomic E-state index is -0.518. The van der Waals surface area contributed by atoms with E-state index in [2.05, 4.69) is 10.3 Å². The molecule has 0 aliphatic rings. The highest BCUT2D eigenvalue weighted by molar-refractivity contribution is 7.25. The first-order valence-corrected chi connectivity index (χ1v) is 10.8. The lowest BCUT2D eigenvalue weighted by molar-refractivity contribution is -0.116. The number of carbonyl (C=O) groups excluding carboxylic acids is 1. The first-order chi connectivity index (χ1) is 15.5. The maximum atomic E-state index is 13.2. The number of thiophene rings is 1. The third-order valence-electron chi connectivity index (χ3n) is 5.03. The number of aromatic nitrogens is 3. The molecule has 1 N–H and O–H groups in total. The maximum absolute atomic E-state index is 13.2. The molecule has 0 saturated heterocycles. The van der Waals surface area contributed by atoms with E-state index >= 15 is 0 Å². The molecule has 4 rings (SSSR count). The number of benzene rings is 1. The Morgan fingerprint density at radius 1 is 1.12 bits per heavy atom. The van der Waals surface area contributed by atoms with Gasteiger partial charge in [0, 0.05) is 29.9 Å². The van der Waals surface area contributed by atoms with Gasteiger partial charge in [0.15, 0.2) is 11.5 Å². The van der Waals surface area contributed by atoms with Crippen molar-refractivity contribution in [2.45, 2.75) is 26.4 Å². The zero-order chi connectivity index (χ0) is 22.8. The lowest BCUT2D eigenvalue weighted by atomic mass is 10.2. The number of pyridine rings is 1. The third kappa shape index (κ3) is 3.73. The zero-order valence-electron chi connectivity index (χ0n) is 17.9. The van der Waals surface area contributed by atoms with Crippen molar-refractivity contribution in [3.05, 3.63) is 57.4 Å². The number of anilines is 1. The van der Waals surface area contributed by atoms with Crippen LogP contribution >= 0.6 is 11.3 Å². The fourth-order valence-electron chi connectivity index (χ4n) is 3.61. The second-order valence-electron chi connectivity index (χ2n) is 7.08. The average Bonchev–Trinajstić information content (AvgIpc) is 3.19. The largest absolute Gasteiger partial charge is 0.493 e. The van der Waals surface area contributed by atoms with Crippen molar-refractivity contribution in [1.29, 1.82) is 0 Å². The summed E-state index contributed by atoms with van der Waals surface area (Å²) in [6, 6.07) is 8.53. The summed E-state index contributed by atoms with van der Waals surface area (Å²) in [6.07, 6.45) is 2.25. The van der Waals surface area contributed by atoms with Gasteiger partial charge in [0.05, 0.1) is 19.7 Å². The minimum absolute atomic E-state index is 0.256. The fourth-order valence-corrected chi connectivity index (χ4v) is 4.70. The Morgan fingerprint density at radius 2 is 1.91 bits per heavy atom. The molecule has 0 fully saturated rings. The molecule has 0 atom stereocenters. The Kier molecular flexibility index (Phi) is 5.95. The van der Waals surface area contributed by atoms with E-state index in [0.717, 1.165) is 0 Å². The molecular formula is C22H22N4O5S. The number of nitrogens with zero attached hydrogens (tertiary/aromatic N) is 3. The first-order valence-electron chi connectivity index (χ1n) is 10.0. The lowest BCUT2D eigenvalue weighted by Crippen LogP contribution is -2.41. The lowest BCUT2D eigenvalue weighted by Gasteiger charge is -2.13. The Morgan fingerprint density at radius 3 is 2.62 bits per heavy atom. The monoisotopic (exact) mass is 454 g/mol. The molecule has 3 heterocycles. The number of nitrogens with one attached hydrogen (secondary N) is 1. The molecule has 10 heteroatoms. The summed E-state index contributed by atoms with van der Waals surface area (Å²) in [5.41, 5.74) is 0.0559. The van der Waals surface area contributed by atoms with Gasteiger partial charge in [-0.1, -0.05) is 6.92 Å². The van der Waals surface area contributed by atoms with Crippen LogP contribution in [0, 0.1) is 0 Å².